The Bertz CT molecular complexity index is 1310. The van der Waals surface area contributed by atoms with Gasteiger partial charge in [-0.15, -0.1) is 0 Å². The molecule has 1 unspecified atom stereocenters. The van der Waals surface area contributed by atoms with Gasteiger partial charge in [0.25, 0.3) is 0 Å². The maximum Gasteiger partial charge on any atom is -1.00 e. The van der Waals surface area contributed by atoms with E-state index in [0.717, 1.165) is 0 Å². The zero-order valence-corrected chi connectivity index (χ0v) is 27.6. The van der Waals surface area contributed by atoms with Gasteiger partial charge in [-0.1, -0.05) is 0 Å². The van der Waals surface area contributed by atoms with Gasteiger partial charge in [0, 0.05) is 0 Å². The first-order valence-electron chi connectivity index (χ1n) is 12.5. The van der Waals surface area contributed by atoms with Crippen LogP contribution in [0.25, 0.3) is 6.08 Å². The Labute approximate surface area is 260 Å². The molecule has 4 aromatic carbocycles. The van der Waals surface area contributed by atoms with Gasteiger partial charge in [0.1, 0.15) is 0 Å². The van der Waals surface area contributed by atoms with Crippen LogP contribution in [0.2, 0.25) is 0 Å². The fourth-order valence-electron chi connectivity index (χ4n) is 6.40. The smallest absolute Gasteiger partial charge is 1.00 e. The molecule has 0 saturated heterocycles. The molecule has 38 heavy (non-hydrogen) atoms. The summed E-state index contributed by atoms with van der Waals surface area (Å²) in [4.78, 5) is 0. The Morgan fingerprint density at radius 1 is 0.526 bits per heavy atom. The van der Waals surface area contributed by atoms with Gasteiger partial charge in [0.2, 0.25) is 0 Å². The molecule has 0 spiro atoms. The van der Waals surface area contributed by atoms with Crippen molar-refractivity contribution in [2.45, 2.75) is 47.1 Å². The van der Waals surface area contributed by atoms with E-state index in [1.54, 1.807) is 0 Å². The summed E-state index contributed by atoms with van der Waals surface area (Å²) in [5.74, 6) is 0. The van der Waals surface area contributed by atoms with Crippen molar-refractivity contribution in [1.29, 1.82) is 0 Å². The van der Waals surface area contributed by atoms with E-state index in [-0.39, 0.29) is 37.2 Å². The van der Waals surface area contributed by atoms with Crippen LogP contribution in [0.3, 0.4) is 0 Å². The second kappa shape index (κ2) is 12.7. The number of hydrogen-bond acceptors (Lipinski definition) is 0. The van der Waals surface area contributed by atoms with E-state index in [1.165, 1.54) is 63.9 Å². The molecule has 1 aliphatic rings. The molecule has 5 heteroatoms. The molecule has 0 heterocycles. The summed E-state index contributed by atoms with van der Waals surface area (Å²) in [6, 6.07) is 31.0. The summed E-state index contributed by atoms with van der Waals surface area (Å²) in [5.41, 5.74) is 11.3. The summed E-state index contributed by atoms with van der Waals surface area (Å²) in [6.07, 6.45) is 2.44. The van der Waals surface area contributed by atoms with Gasteiger partial charge in [0.05, 0.1) is 0 Å². The topological polar surface area (TPSA) is 0 Å². The van der Waals surface area contributed by atoms with Crippen LogP contribution in [0.4, 0.5) is 0 Å². The third-order valence-corrected chi connectivity index (χ3v) is 13.6. The fourth-order valence-corrected chi connectivity index (χ4v) is 13.9. The van der Waals surface area contributed by atoms with E-state index < -0.39 is 8.07 Å². The number of hydrogen-bond donors (Lipinski definition) is 0. The van der Waals surface area contributed by atoms with Crippen LogP contribution >= 0.6 is 0 Å². The molecule has 0 amide bonds. The molecule has 0 nitrogen and oxygen atoms in total. The van der Waals surface area contributed by atoms with Crippen molar-refractivity contribution >= 4 is 29.7 Å². The van der Waals surface area contributed by atoms with Gasteiger partial charge in [-0.2, -0.15) is 0 Å². The molecule has 0 aromatic heterocycles. The number of aryl methyl sites for hydroxylation is 6. The SMILES string of the molecule is Cc1cc(C)cc([Si](c2cc(C)cc(C)c2)(c2cc(C)cc(C)c2)C2[C]([Ti+3])=Cc3ccccc32)c1.[Cl-].[Cl-].[Cl-]. The van der Waals surface area contributed by atoms with E-state index in [4.69, 9.17) is 0 Å². The van der Waals surface area contributed by atoms with Crippen molar-refractivity contribution in [1.82, 2.24) is 0 Å². The Hall–Kier alpha value is -1.58. The molecule has 0 saturated carbocycles. The molecule has 1 aliphatic carbocycles. The molecule has 1 atom stereocenters. The molecule has 0 aliphatic heterocycles. The quantitative estimate of drug-likeness (QED) is 0.174. The van der Waals surface area contributed by atoms with Gasteiger partial charge in [-0.05, 0) is 0 Å². The monoisotopic (exact) mass is 610 g/mol. The van der Waals surface area contributed by atoms with E-state index in [2.05, 4.69) is 147 Å². The Morgan fingerprint density at radius 3 is 1.24 bits per heavy atom. The molecule has 5 rings (SSSR count). The van der Waals surface area contributed by atoms with E-state index >= 15 is 0 Å². The first kappa shape index (κ1) is 32.6. The summed E-state index contributed by atoms with van der Waals surface area (Å²) in [6.45, 7) is 13.5. The first-order chi connectivity index (χ1) is 16.7. The van der Waals surface area contributed by atoms with Crippen molar-refractivity contribution < 1.29 is 57.7 Å². The predicted octanol–water partition coefficient (Wildman–Crippen LogP) is -2.76. The van der Waals surface area contributed by atoms with E-state index in [1.807, 2.05) is 0 Å². The molecule has 0 bridgehead atoms. The Kier molecular flexibility index (Phi) is 10.9. The van der Waals surface area contributed by atoms with Crippen LogP contribution in [0.15, 0.2) is 82.7 Å². The van der Waals surface area contributed by atoms with Gasteiger partial charge < -0.3 is 37.2 Å². The van der Waals surface area contributed by atoms with Crippen molar-refractivity contribution in [2.24, 2.45) is 0 Å². The van der Waals surface area contributed by atoms with Crippen molar-refractivity contribution in [3.63, 3.8) is 0 Å². The van der Waals surface area contributed by atoms with Crippen molar-refractivity contribution in [3.05, 3.63) is 127 Å². The average molecular weight is 612 g/mol. The summed E-state index contributed by atoms with van der Waals surface area (Å²) in [5, 5.41) is 4.54. The largest absolute Gasteiger partial charge is 1.00 e. The van der Waals surface area contributed by atoms with Gasteiger partial charge >= 0.3 is 224 Å². The number of fused-ring (bicyclic) bond motifs is 1. The zero-order valence-electron chi connectivity index (χ0n) is 22.8. The molecule has 0 radical (unpaired) electrons. The number of rotatable bonds is 4. The molecule has 0 fully saturated rings. The Morgan fingerprint density at radius 2 is 0.868 bits per heavy atom. The third kappa shape index (κ3) is 5.80. The average Bonchev–Trinajstić information content (AvgIpc) is 3.09. The van der Waals surface area contributed by atoms with Gasteiger partial charge in [0.15, 0.2) is 0 Å². The van der Waals surface area contributed by atoms with Crippen LogP contribution in [-0.4, -0.2) is 8.07 Å². The number of halogens is 3. The Balaban J connectivity index is 0.00000169. The van der Waals surface area contributed by atoms with Gasteiger partial charge in [-0.25, -0.2) is 0 Å². The number of benzene rings is 4. The van der Waals surface area contributed by atoms with Crippen LogP contribution in [0, 0.1) is 41.5 Å². The van der Waals surface area contributed by atoms with Gasteiger partial charge in [-0.3, -0.25) is 0 Å². The van der Waals surface area contributed by atoms with Crippen LogP contribution < -0.4 is 52.8 Å². The van der Waals surface area contributed by atoms with Crippen molar-refractivity contribution in [2.75, 3.05) is 0 Å². The maximum atomic E-state index is 2.49. The zero-order chi connectivity index (χ0) is 24.9. The minimum Gasteiger partial charge on any atom is -1.00 e. The van der Waals surface area contributed by atoms with Crippen LogP contribution in [0.5, 0.6) is 0 Å². The molecule has 4 aromatic rings. The maximum absolute atomic E-state index is 2.56. The standard InChI is InChI=1S/C33H33Si.3ClH.Ti/c1-22-13-23(2)17-29(16-22)34(30-18-24(3)14-25(4)19-30,31-20-26(5)15-27(6)21-31)33-12-11-28-9-7-8-10-32(28)33;;;;/h7-11,13-21,33H,1-6H3;3*1H;/q;;;;+3/p-3. The van der Waals surface area contributed by atoms with E-state index in [0.29, 0.717) is 5.54 Å². The van der Waals surface area contributed by atoms with Crippen LogP contribution in [-0.2, 0) is 20.4 Å². The normalized spacial score (nSPS) is 14.0. The second-order valence-corrected chi connectivity index (χ2v) is 15.4. The minimum absolute atomic E-state index is 0. The molecular formula is C33H33Cl3SiTi. The predicted molar refractivity (Wildman–Crippen MR) is 150 cm³/mol. The van der Waals surface area contributed by atoms with Crippen LogP contribution in [0.1, 0.15) is 50.0 Å². The first-order valence-corrected chi connectivity index (χ1v) is 15.3. The molecular weight excluding hydrogens is 579 g/mol. The number of allylic oxidation sites excluding steroid dienone is 1. The van der Waals surface area contributed by atoms with E-state index in [9.17, 15) is 0 Å². The fraction of sp³-hybridized carbons (Fsp3) is 0.212. The summed E-state index contributed by atoms with van der Waals surface area (Å²) in [7, 11) is -2.56. The van der Waals surface area contributed by atoms with Crippen molar-refractivity contribution in [3.8, 4) is 0 Å². The minimum atomic E-state index is -2.56. The molecule has 0 N–H and O–H groups in total. The summed E-state index contributed by atoms with van der Waals surface area (Å²) < 4.78 is 1.48. The summed E-state index contributed by atoms with van der Waals surface area (Å²) >= 11 is 2.36. The second-order valence-electron chi connectivity index (χ2n) is 10.6. The third-order valence-electron chi connectivity index (χ3n) is 7.39. The molecule has 194 valence electrons.